The van der Waals surface area contributed by atoms with Crippen LogP contribution in [0.3, 0.4) is 0 Å². The summed E-state index contributed by atoms with van der Waals surface area (Å²) >= 11 is 0. The number of hydrogen-bond donors (Lipinski definition) is 1. The van der Waals surface area contributed by atoms with Gasteiger partial charge in [0.15, 0.2) is 0 Å². The molecule has 0 aliphatic heterocycles. The van der Waals surface area contributed by atoms with E-state index >= 15 is 0 Å². The molecular weight excluding hydrogens is 212 g/mol. The highest BCUT2D eigenvalue weighted by molar-refractivity contribution is 5.70. The van der Waals surface area contributed by atoms with E-state index in [0.29, 0.717) is 11.8 Å². The molecule has 0 saturated heterocycles. The van der Waals surface area contributed by atoms with E-state index in [1.165, 1.54) is 11.1 Å². The van der Waals surface area contributed by atoms with Crippen LogP contribution in [0.2, 0.25) is 0 Å². The minimum atomic E-state index is -0.641. The molecule has 0 bridgehead atoms. The van der Waals surface area contributed by atoms with E-state index < -0.39 is 5.97 Å². The Bertz CT molecular complexity index is 465. The third kappa shape index (κ3) is 1.78. The van der Waals surface area contributed by atoms with Gasteiger partial charge in [-0.3, -0.25) is 4.79 Å². The molecule has 0 amide bonds. The maximum atomic E-state index is 11.0. The van der Waals surface area contributed by atoms with Crippen LogP contribution in [0.1, 0.15) is 19.3 Å². The summed E-state index contributed by atoms with van der Waals surface area (Å²) < 4.78 is 0. The van der Waals surface area contributed by atoms with Crippen LogP contribution in [0.4, 0.5) is 0 Å². The number of carboxylic acids is 1. The first-order valence-electron chi connectivity index (χ1n) is 6.24. The van der Waals surface area contributed by atoms with Gasteiger partial charge in [-0.2, -0.15) is 0 Å². The molecule has 0 aromatic carbocycles. The Labute approximate surface area is 101 Å². The quantitative estimate of drug-likeness (QED) is 0.748. The fourth-order valence-corrected chi connectivity index (χ4v) is 3.23. The normalized spacial score (nSPS) is 34.5. The lowest BCUT2D eigenvalue weighted by Gasteiger charge is -2.37. The lowest BCUT2D eigenvalue weighted by Crippen LogP contribution is -2.29. The summed E-state index contributed by atoms with van der Waals surface area (Å²) in [7, 11) is 0. The summed E-state index contributed by atoms with van der Waals surface area (Å²) in [6.45, 7) is 0. The summed E-state index contributed by atoms with van der Waals surface area (Å²) in [5.41, 5.74) is 2.70. The van der Waals surface area contributed by atoms with Crippen molar-refractivity contribution in [1.82, 2.24) is 0 Å². The Morgan fingerprint density at radius 1 is 1.24 bits per heavy atom. The van der Waals surface area contributed by atoms with Gasteiger partial charge in [0, 0.05) is 5.92 Å². The molecule has 1 fully saturated rings. The second-order valence-electron chi connectivity index (χ2n) is 5.10. The van der Waals surface area contributed by atoms with Crippen molar-refractivity contribution in [2.45, 2.75) is 19.3 Å². The summed E-state index contributed by atoms with van der Waals surface area (Å²) in [4.78, 5) is 11.0. The van der Waals surface area contributed by atoms with Gasteiger partial charge in [0.25, 0.3) is 0 Å². The molecule has 0 aromatic rings. The average molecular weight is 228 g/mol. The number of hydrogen-bond acceptors (Lipinski definition) is 1. The van der Waals surface area contributed by atoms with Gasteiger partial charge in [0.2, 0.25) is 0 Å². The maximum absolute atomic E-state index is 11.0. The summed E-state index contributed by atoms with van der Waals surface area (Å²) in [6.07, 6.45) is 15.5. The minimum absolute atomic E-state index is 0.171. The third-order valence-corrected chi connectivity index (χ3v) is 4.16. The molecule has 88 valence electrons. The van der Waals surface area contributed by atoms with Crippen LogP contribution >= 0.6 is 0 Å². The Morgan fingerprint density at radius 2 is 2.12 bits per heavy atom. The molecule has 0 spiro atoms. The van der Waals surface area contributed by atoms with Gasteiger partial charge in [-0.25, -0.2) is 0 Å². The maximum Gasteiger partial charge on any atom is 0.306 e. The van der Waals surface area contributed by atoms with Gasteiger partial charge < -0.3 is 5.11 Å². The third-order valence-electron chi connectivity index (χ3n) is 4.16. The number of carboxylic acid groups (broad SMARTS) is 1. The molecule has 17 heavy (non-hydrogen) atoms. The molecule has 3 rings (SSSR count). The van der Waals surface area contributed by atoms with Crippen LogP contribution in [0.5, 0.6) is 0 Å². The van der Waals surface area contributed by atoms with Gasteiger partial charge in [-0.1, -0.05) is 42.0 Å². The predicted molar refractivity (Wildman–Crippen MR) is 66.4 cm³/mol. The van der Waals surface area contributed by atoms with Gasteiger partial charge in [0.1, 0.15) is 0 Å². The molecule has 0 heterocycles. The Hall–Kier alpha value is -1.57. The zero-order chi connectivity index (χ0) is 11.8. The SMILES string of the molecule is O=C(O)C1CCC2C(=CC=C3C=CC=CC32)C1. The lowest BCUT2D eigenvalue weighted by molar-refractivity contribution is -0.142. The zero-order valence-electron chi connectivity index (χ0n) is 9.67. The number of fused-ring (bicyclic) bond motifs is 3. The first-order chi connectivity index (χ1) is 8.25. The number of carbonyl (C=O) groups is 1. The molecule has 3 unspecified atom stereocenters. The Kier molecular flexibility index (Phi) is 2.50. The van der Waals surface area contributed by atoms with Crippen molar-refractivity contribution in [3.8, 4) is 0 Å². The predicted octanol–water partition coefficient (Wildman–Crippen LogP) is 3.10. The Balaban J connectivity index is 1.88. The molecule has 1 saturated carbocycles. The van der Waals surface area contributed by atoms with Gasteiger partial charge >= 0.3 is 5.97 Å². The van der Waals surface area contributed by atoms with Crippen molar-refractivity contribution in [1.29, 1.82) is 0 Å². The number of aliphatic carboxylic acids is 1. The van der Waals surface area contributed by atoms with Gasteiger partial charge in [0.05, 0.1) is 5.92 Å². The van der Waals surface area contributed by atoms with Crippen molar-refractivity contribution in [3.63, 3.8) is 0 Å². The highest BCUT2D eigenvalue weighted by atomic mass is 16.4. The second-order valence-corrected chi connectivity index (χ2v) is 5.10. The van der Waals surface area contributed by atoms with Crippen molar-refractivity contribution in [2.75, 3.05) is 0 Å². The Morgan fingerprint density at radius 3 is 2.94 bits per heavy atom. The minimum Gasteiger partial charge on any atom is -0.481 e. The van der Waals surface area contributed by atoms with E-state index in [1.54, 1.807) is 0 Å². The molecule has 3 aliphatic carbocycles. The standard InChI is InChI=1S/C15H16O2/c16-15(17)12-7-8-14-11(9-12)6-5-10-3-1-2-4-13(10)14/h1-6,12-14H,7-9H2,(H,16,17). The molecule has 2 heteroatoms. The van der Waals surface area contributed by atoms with Crippen molar-refractivity contribution >= 4 is 5.97 Å². The molecular formula is C15H16O2. The molecule has 1 N–H and O–H groups in total. The zero-order valence-corrected chi connectivity index (χ0v) is 9.67. The average Bonchev–Trinajstić information content (AvgIpc) is 2.38. The first-order valence-corrected chi connectivity index (χ1v) is 6.24. The van der Waals surface area contributed by atoms with Crippen LogP contribution in [-0.2, 0) is 4.79 Å². The topological polar surface area (TPSA) is 37.3 Å². The van der Waals surface area contributed by atoms with E-state index in [2.05, 4.69) is 36.5 Å². The molecule has 0 radical (unpaired) electrons. The van der Waals surface area contributed by atoms with Crippen LogP contribution < -0.4 is 0 Å². The second kappa shape index (κ2) is 4.02. The fourth-order valence-electron chi connectivity index (χ4n) is 3.23. The summed E-state index contributed by atoms with van der Waals surface area (Å²) in [6, 6.07) is 0. The summed E-state index contributed by atoms with van der Waals surface area (Å²) in [5.74, 6) is 0.204. The van der Waals surface area contributed by atoms with Gasteiger partial charge in [-0.05, 0) is 30.8 Å². The monoisotopic (exact) mass is 228 g/mol. The largest absolute Gasteiger partial charge is 0.481 e. The van der Waals surface area contributed by atoms with Crippen molar-refractivity contribution in [2.24, 2.45) is 17.8 Å². The molecule has 3 aliphatic rings. The van der Waals surface area contributed by atoms with E-state index in [0.717, 1.165) is 19.3 Å². The van der Waals surface area contributed by atoms with E-state index in [9.17, 15) is 4.79 Å². The highest BCUT2D eigenvalue weighted by Gasteiger charge is 2.35. The van der Waals surface area contributed by atoms with E-state index in [-0.39, 0.29) is 5.92 Å². The lowest BCUT2D eigenvalue weighted by atomic mass is 9.67. The van der Waals surface area contributed by atoms with Gasteiger partial charge in [-0.15, -0.1) is 0 Å². The molecule has 3 atom stereocenters. The van der Waals surface area contributed by atoms with E-state index in [4.69, 9.17) is 5.11 Å². The van der Waals surface area contributed by atoms with Crippen LogP contribution in [0, 0.1) is 17.8 Å². The van der Waals surface area contributed by atoms with Crippen LogP contribution in [0.15, 0.2) is 47.6 Å². The number of rotatable bonds is 1. The first kappa shape index (κ1) is 10.6. The number of allylic oxidation sites excluding steroid dienone is 8. The van der Waals surface area contributed by atoms with Crippen LogP contribution in [0.25, 0.3) is 0 Å². The highest BCUT2D eigenvalue weighted by Crippen LogP contribution is 2.44. The van der Waals surface area contributed by atoms with Crippen molar-refractivity contribution in [3.05, 3.63) is 47.6 Å². The van der Waals surface area contributed by atoms with Crippen LogP contribution in [-0.4, -0.2) is 11.1 Å². The van der Waals surface area contributed by atoms with Crippen molar-refractivity contribution < 1.29 is 9.90 Å². The molecule has 2 nitrogen and oxygen atoms in total. The smallest absolute Gasteiger partial charge is 0.306 e. The molecule has 0 aromatic heterocycles. The fraction of sp³-hybridized carbons (Fsp3) is 0.400. The van der Waals surface area contributed by atoms with E-state index in [1.807, 2.05) is 0 Å². The summed E-state index contributed by atoms with van der Waals surface area (Å²) in [5, 5.41) is 9.09.